The van der Waals surface area contributed by atoms with Crippen molar-refractivity contribution in [1.82, 2.24) is 9.55 Å². The van der Waals surface area contributed by atoms with E-state index in [4.69, 9.17) is 16.7 Å². The molecule has 0 spiro atoms. The molecule has 0 aliphatic heterocycles. The molecular formula is C11H8ClFN2O2. The van der Waals surface area contributed by atoms with Gasteiger partial charge < -0.3 is 9.67 Å². The molecule has 0 saturated carbocycles. The Hall–Kier alpha value is -1.88. The van der Waals surface area contributed by atoms with Crippen LogP contribution in [0, 0.1) is 5.82 Å². The number of hydrogen-bond acceptors (Lipinski definition) is 2. The largest absolute Gasteiger partial charge is 0.476 e. The Labute approximate surface area is 101 Å². The minimum absolute atomic E-state index is 0.0764. The Bertz CT molecular complexity index is 568. The molecule has 1 N–H and O–H groups in total. The number of hydrogen-bond donors (Lipinski definition) is 1. The number of rotatable bonds is 3. The summed E-state index contributed by atoms with van der Waals surface area (Å²) in [6, 6.07) is 4.22. The number of carboxylic acid groups (broad SMARTS) is 1. The van der Waals surface area contributed by atoms with Crippen LogP contribution in [0.25, 0.3) is 0 Å². The van der Waals surface area contributed by atoms with Gasteiger partial charge >= 0.3 is 5.97 Å². The van der Waals surface area contributed by atoms with Crippen LogP contribution in [0.15, 0.2) is 30.7 Å². The number of carboxylic acids is 1. The van der Waals surface area contributed by atoms with Crippen molar-refractivity contribution in [1.29, 1.82) is 0 Å². The summed E-state index contributed by atoms with van der Waals surface area (Å²) in [5.41, 5.74) is 0.305. The number of benzene rings is 1. The first-order chi connectivity index (χ1) is 8.06. The van der Waals surface area contributed by atoms with Gasteiger partial charge in [0.05, 0.1) is 12.9 Å². The molecule has 0 bridgehead atoms. The Balaban J connectivity index is 2.25. The predicted octanol–water partition coefficient (Wildman–Crippen LogP) is 2.42. The molecular weight excluding hydrogens is 247 g/mol. The molecule has 0 aliphatic carbocycles. The molecule has 0 atom stereocenters. The normalized spacial score (nSPS) is 10.5. The van der Waals surface area contributed by atoms with E-state index in [0.717, 1.165) is 0 Å². The SMILES string of the molecule is O=C(O)c1cn(Cc2cc(Cl)ccc2F)cn1. The average Bonchev–Trinajstić information content (AvgIpc) is 2.72. The second kappa shape index (κ2) is 4.55. The van der Waals surface area contributed by atoms with Crippen molar-refractivity contribution in [3.63, 3.8) is 0 Å². The van der Waals surface area contributed by atoms with Gasteiger partial charge in [0, 0.05) is 16.8 Å². The first-order valence-electron chi connectivity index (χ1n) is 4.75. The van der Waals surface area contributed by atoms with Gasteiger partial charge in [0.25, 0.3) is 0 Å². The molecule has 88 valence electrons. The summed E-state index contributed by atoms with van der Waals surface area (Å²) in [6.45, 7) is 0.187. The van der Waals surface area contributed by atoms with Gasteiger partial charge in [-0.05, 0) is 18.2 Å². The summed E-state index contributed by atoms with van der Waals surface area (Å²) in [5, 5.41) is 9.12. The molecule has 1 aromatic heterocycles. The Kier molecular flexibility index (Phi) is 3.10. The molecule has 0 aliphatic rings. The second-order valence-corrected chi connectivity index (χ2v) is 3.91. The molecule has 0 saturated heterocycles. The van der Waals surface area contributed by atoms with Crippen LogP contribution in [0.3, 0.4) is 0 Å². The third-order valence-electron chi connectivity index (χ3n) is 2.21. The fourth-order valence-electron chi connectivity index (χ4n) is 1.42. The number of carbonyl (C=O) groups is 1. The first kappa shape index (κ1) is 11.6. The summed E-state index contributed by atoms with van der Waals surface area (Å²) in [7, 11) is 0. The first-order valence-corrected chi connectivity index (χ1v) is 5.13. The lowest BCUT2D eigenvalue weighted by Crippen LogP contribution is -2.00. The maximum Gasteiger partial charge on any atom is 0.356 e. The summed E-state index contributed by atoms with van der Waals surface area (Å²) >= 11 is 5.75. The van der Waals surface area contributed by atoms with Gasteiger partial charge in [0.1, 0.15) is 5.82 Å². The van der Waals surface area contributed by atoms with Crippen molar-refractivity contribution >= 4 is 17.6 Å². The van der Waals surface area contributed by atoms with E-state index in [1.54, 1.807) is 0 Å². The zero-order valence-corrected chi connectivity index (χ0v) is 9.36. The Morgan fingerprint density at radius 3 is 2.94 bits per heavy atom. The van der Waals surface area contributed by atoms with Crippen LogP contribution in [0.2, 0.25) is 5.02 Å². The fraction of sp³-hybridized carbons (Fsp3) is 0.0909. The molecule has 0 radical (unpaired) electrons. The number of halogens is 2. The maximum atomic E-state index is 13.4. The highest BCUT2D eigenvalue weighted by atomic mass is 35.5. The van der Waals surface area contributed by atoms with Crippen LogP contribution in [0.4, 0.5) is 4.39 Å². The third kappa shape index (κ3) is 2.62. The second-order valence-electron chi connectivity index (χ2n) is 3.47. The van der Waals surface area contributed by atoms with E-state index >= 15 is 0 Å². The lowest BCUT2D eigenvalue weighted by Gasteiger charge is -2.04. The number of imidazole rings is 1. The van der Waals surface area contributed by atoms with E-state index in [1.165, 1.54) is 35.3 Å². The van der Waals surface area contributed by atoms with Gasteiger partial charge in [-0.15, -0.1) is 0 Å². The minimum atomic E-state index is -1.12. The zero-order chi connectivity index (χ0) is 12.4. The van der Waals surface area contributed by atoms with Crippen LogP contribution >= 0.6 is 11.6 Å². The molecule has 17 heavy (non-hydrogen) atoms. The maximum absolute atomic E-state index is 13.4. The van der Waals surface area contributed by atoms with Crippen LogP contribution in [-0.2, 0) is 6.54 Å². The van der Waals surface area contributed by atoms with Crippen LogP contribution < -0.4 is 0 Å². The van der Waals surface area contributed by atoms with E-state index in [9.17, 15) is 9.18 Å². The molecule has 0 unspecified atom stereocenters. The summed E-state index contributed by atoms with van der Waals surface area (Å²) in [4.78, 5) is 14.3. The van der Waals surface area contributed by atoms with Crippen molar-refractivity contribution < 1.29 is 14.3 Å². The van der Waals surface area contributed by atoms with Crippen molar-refractivity contribution in [2.24, 2.45) is 0 Å². The fourth-order valence-corrected chi connectivity index (χ4v) is 1.61. The molecule has 4 nitrogen and oxygen atoms in total. The Morgan fingerprint density at radius 1 is 1.53 bits per heavy atom. The van der Waals surface area contributed by atoms with E-state index in [0.29, 0.717) is 10.6 Å². The van der Waals surface area contributed by atoms with Crippen molar-refractivity contribution in [3.8, 4) is 0 Å². The monoisotopic (exact) mass is 254 g/mol. The molecule has 0 amide bonds. The van der Waals surface area contributed by atoms with E-state index in [1.807, 2.05) is 0 Å². The van der Waals surface area contributed by atoms with Gasteiger partial charge in [-0.25, -0.2) is 14.2 Å². The van der Waals surface area contributed by atoms with Gasteiger partial charge in [0.15, 0.2) is 5.69 Å². The lowest BCUT2D eigenvalue weighted by atomic mass is 10.2. The molecule has 1 aromatic carbocycles. The van der Waals surface area contributed by atoms with E-state index < -0.39 is 5.97 Å². The van der Waals surface area contributed by atoms with Gasteiger partial charge in [0.2, 0.25) is 0 Å². The summed E-state index contributed by atoms with van der Waals surface area (Å²) in [6.07, 6.45) is 2.67. The van der Waals surface area contributed by atoms with Gasteiger partial charge in [-0.1, -0.05) is 11.6 Å². The number of aromatic carboxylic acids is 1. The highest BCUT2D eigenvalue weighted by molar-refractivity contribution is 6.30. The van der Waals surface area contributed by atoms with Crippen molar-refractivity contribution in [3.05, 3.63) is 52.8 Å². The quantitative estimate of drug-likeness (QED) is 0.915. The predicted molar refractivity (Wildman–Crippen MR) is 59.7 cm³/mol. The Morgan fingerprint density at radius 2 is 2.29 bits per heavy atom. The van der Waals surface area contributed by atoms with Crippen LogP contribution in [0.5, 0.6) is 0 Å². The lowest BCUT2D eigenvalue weighted by molar-refractivity contribution is 0.0691. The van der Waals surface area contributed by atoms with E-state index in [-0.39, 0.29) is 18.1 Å². The third-order valence-corrected chi connectivity index (χ3v) is 2.45. The van der Waals surface area contributed by atoms with Crippen LogP contribution in [0.1, 0.15) is 16.1 Å². The van der Waals surface area contributed by atoms with E-state index in [2.05, 4.69) is 4.98 Å². The van der Waals surface area contributed by atoms with Crippen molar-refractivity contribution in [2.45, 2.75) is 6.54 Å². The average molecular weight is 255 g/mol. The topological polar surface area (TPSA) is 55.1 Å². The summed E-state index contributed by atoms with van der Waals surface area (Å²) in [5.74, 6) is -1.50. The molecule has 6 heteroatoms. The van der Waals surface area contributed by atoms with Crippen molar-refractivity contribution in [2.75, 3.05) is 0 Å². The van der Waals surface area contributed by atoms with Gasteiger partial charge in [-0.3, -0.25) is 0 Å². The highest BCUT2D eigenvalue weighted by Crippen LogP contribution is 2.16. The molecule has 2 aromatic rings. The number of nitrogens with zero attached hydrogens (tertiary/aromatic N) is 2. The summed E-state index contributed by atoms with van der Waals surface area (Å²) < 4.78 is 14.9. The van der Waals surface area contributed by atoms with Crippen LogP contribution in [-0.4, -0.2) is 20.6 Å². The smallest absolute Gasteiger partial charge is 0.356 e. The van der Waals surface area contributed by atoms with Gasteiger partial charge in [-0.2, -0.15) is 0 Å². The minimum Gasteiger partial charge on any atom is -0.476 e. The zero-order valence-electron chi connectivity index (χ0n) is 8.60. The molecule has 2 rings (SSSR count). The standard InChI is InChI=1S/C11H8ClFN2O2/c12-8-1-2-9(13)7(3-8)4-15-5-10(11(16)17)14-6-15/h1-3,5-6H,4H2,(H,16,17). The molecule has 1 heterocycles. The number of aromatic nitrogens is 2. The molecule has 0 fully saturated rings. The highest BCUT2D eigenvalue weighted by Gasteiger charge is 2.08.